The van der Waals surface area contributed by atoms with Gasteiger partial charge in [-0.1, -0.05) is 93.5 Å². The van der Waals surface area contributed by atoms with Crippen molar-refractivity contribution in [2.45, 2.75) is 116 Å². The average molecular weight is 472 g/mol. The highest BCUT2D eigenvalue weighted by molar-refractivity contribution is 9.09. The third kappa shape index (κ3) is 14.7. The van der Waals surface area contributed by atoms with E-state index in [9.17, 15) is 4.79 Å². The topological polar surface area (TPSA) is 44.1 Å². The van der Waals surface area contributed by atoms with E-state index in [4.69, 9.17) is 4.74 Å². The fourth-order valence-electron chi connectivity index (χ4n) is 3.76. The third-order valence-corrected chi connectivity index (χ3v) is 6.11. The maximum absolute atomic E-state index is 11.6. The normalized spacial score (nSPS) is 12.2. The molecule has 1 atom stereocenters. The van der Waals surface area contributed by atoms with Crippen molar-refractivity contribution in [2.24, 2.45) is 0 Å². The molecule has 0 spiro atoms. The van der Waals surface area contributed by atoms with Crippen LogP contribution in [0, 0.1) is 0 Å². The zero-order valence-electron chi connectivity index (χ0n) is 18.6. The van der Waals surface area contributed by atoms with Crippen molar-refractivity contribution < 1.29 is 9.53 Å². The van der Waals surface area contributed by atoms with E-state index in [1.54, 1.807) is 0 Å². The number of imidazole rings is 1. The van der Waals surface area contributed by atoms with Gasteiger partial charge in [-0.25, -0.2) is 4.98 Å². The lowest BCUT2D eigenvalue weighted by Crippen LogP contribution is -2.07. The van der Waals surface area contributed by atoms with Crippen LogP contribution >= 0.6 is 15.9 Å². The van der Waals surface area contributed by atoms with Crippen LogP contribution in [0.1, 0.15) is 116 Å². The van der Waals surface area contributed by atoms with E-state index in [2.05, 4.69) is 38.6 Å². The lowest BCUT2D eigenvalue weighted by Gasteiger charge is -2.18. The summed E-state index contributed by atoms with van der Waals surface area (Å²) in [6.45, 7) is 2.82. The summed E-state index contributed by atoms with van der Waals surface area (Å²) in [5.74, 6) is -0.0381. The summed E-state index contributed by atoms with van der Waals surface area (Å²) in [6.07, 6.45) is 25.3. The maximum atomic E-state index is 11.6. The lowest BCUT2D eigenvalue weighted by molar-refractivity contribution is -0.143. The van der Waals surface area contributed by atoms with Gasteiger partial charge in [0.2, 0.25) is 0 Å². The van der Waals surface area contributed by atoms with Crippen LogP contribution in [0.25, 0.3) is 0 Å². The van der Waals surface area contributed by atoms with Crippen LogP contribution in [-0.2, 0) is 9.53 Å². The Labute approximate surface area is 187 Å². The number of hydrogen-bond acceptors (Lipinski definition) is 3. The van der Waals surface area contributed by atoms with E-state index in [-0.39, 0.29) is 5.97 Å². The molecule has 0 aliphatic heterocycles. The van der Waals surface area contributed by atoms with Gasteiger partial charge in [-0.15, -0.1) is 0 Å². The molecule has 0 amide bonds. The zero-order valence-corrected chi connectivity index (χ0v) is 20.2. The first-order valence-corrected chi connectivity index (χ1v) is 13.1. The molecule has 1 rings (SSSR count). The maximum Gasteiger partial charge on any atom is 0.305 e. The van der Waals surface area contributed by atoms with Gasteiger partial charge in [-0.3, -0.25) is 4.79 Å². The molecule has 0 radical (unpaired) electrons. The molecule has 29 heavy (non-hydrogen) atoms. The molecule has 0 aromatic carbocycles. The molecular formula is C24H43BrN2O2. The Morgan fingerprint density at radius 3 is 2.14 bits per heavy atom. The summed E-state index contributed by atoms with van der Waals surface area (Å²) in [4.78, 5) is 15.8. The molecular weight excluding hydrogens is 428 g/mol. The van der Waals surface area contributed by atoms with Crippen molar-refractivity contribution >= 4 is 21.9 Å². The Morgan fingerprint density at radius 2 is 1.55 bits per heavy atom. The number of alkyl halides is 1. The summed E-state index contributed by atoms with van der Waals surface area (Å²) in [6, 6.07) is 0.609. The van der Waals surface area contributed by atoms with Gasteiger partial charge in [0.25, 0.3) is 0 Å². The Balaban J connectivity index is 2.05. The minimum absolute atomic E-state index is 0.0381. The molecule has 4 nitrogen and oxygen atoms in total. The standard InChI is InChI=1S/C24H43BrN2O2/c1-2-3-4-5-8-11-15-23(27-20-19-26-22-27)16-12-9-6-7-10-13-17-24(28)29-21-14-18-25/h19-20,22-23H,2-18,21H2,1H3. The summed E-state index contributed by atoms with van der Waals surface area (Å²) in [5, 5.41) is 0.890. The van der Waals surface area contributed by atoms with Crippen LogP contribution in [0.5, 0.6) is 0 Å². The first kappa shape index (κ1) is 26.2. The van der Waals surface area contributed by atoms with E-state index in [0.717, 1.165) is 24.6 Å². The monoisotopic (exact) mass is 470 g/mol. The fraction of sp³-hybridized carbons (Fsp3) is 0.833. The minimum Gasteiger partial charge on any atom is -0.466 e. The molecule has 0 aliphatic carbocycles. The van der Waals surface area contributed by atoms with E-state index in [1.165, 1.54) is 77.0 Å². The molecule has 0 saturated carbocycles. The van der Waals surface area contributed by atoms with Crippen molar-refractivity contribution in [3.8, 4) is 0 Å². The summed E-state index contributed by atoms with van der Waals surface area (Å²) < 4.78 is 7.49. The van der Waals surface area contributed by atoms with Gasteiger partial charge < -0.3 is 9.30 Å². The third-order valence-electron chi connectivity index (χ3n) is 5.55. The highest BCUT2D eigenvalue weighted by Crippen LogP contribution is 2.23. The second kappa shape index (κ2) is 19.1. The Morgan fingerprint density at radius 1 is 0.931 bits per heavy atom. The van der Waals surface area contributed by atoms with E-state index in [0.29, 0.717) is 19.1 Å². The zero-order chi connectivity index (χ0) is 21.0. The minimum atomic E-state index is -0.0381. The van der Waals surface area contributed by atoms with Crippen LogP contribution in [0.3, 0.4) is 0 Å². The molecule has 0 aliphatic rings. The Kier molecular flexibility index (Phi) is 17.3. The van der Waals surface area contributed by atoms with Crippen molar-refractivity contribution in [1.82, 2.24) is 9.55 Å². The van der Waals surface area contributed by atoms with Gasteiger partial charge in [-0.2, -0.15) is 0 Å². The number of nitrogens with zero attached hydrogens (tertiary/aromatic N) is 2. The molecule has 0 saturated heterocycles. The molecule has 0 fully saturated rings. The van der Waals surface area contributed by atoms with Crippen LogP contribution in [-0.4, -0.2) is 27.5 Å². The van der Waals surface area contributed by atoms with Crippen molar-refractivity contribution in [3.05, 3.63) is 18.7 Å². The summed E-state index contributed by atoms with van der Waals surface area (Å²) >= 11 is 3.34. The predicted molar refractivity (Wildman–Crippen MR) is 126 cm³/mol. The predicted octanol–water partition coefficient (Wildman–Crippen LogP) is 7.62. The van der Waals surface area contributed by atoms with E-state index in [1.807, 2.05) is 12.5 Å². The van der Waals surface area contributed by atoms with Gasteiger partial charge in [-0.05, 0) is 25.7 Å². The van der Waals surface area contributed by atoms with Crippen LogP contribution < -0.4 is 0 Å². The first-order chi connectivity index (χ1) is 14.3. The molecule has 1 heterocycles. The molecule has 168 valence electrons. The van der Waals surface area contributed by atoms with Gasteiger partial charge in [0.15, 0.2) is 0 Å². The molecule has 0 bridgehead atoms. The number of carbonyl (C=O) groups excluding carboxylic acids is 1. The van der Waals surface area contributed by atoms with Gasteiger partial charge in [0.05, 0.1) is 12.9 Å². The average Bonchev–Trinajstić information content (AvgIpc) is 3.25. The largest absolute Gasteiger partial charge is 0.466 e. The quantitative estimate of drug-likeness (QED) is 0.112. The molecule has 5 heteroatoms. The fourth-order valence-corrected chi connectivity index (χ4v) is 3.99. The number of hydrogen-bond donors (Lipinski definition) is 0. The smallest absolute Gasteiger partial charge is 0.305 e. The molecule has 1 unspecified atom stereocenters. The van der Waals surface area contributed by atoms with Gasteiger partial charge in [0.1, 0.15) is 0 Å². The molecule has 1 aromatic rings. The Bertz CT molecular complexity index is 479. The number of halogens is 1. The van der Waals surface area contributed by atoms with Crippen LogP contribution in [0.2, 0.25) is 0 Å². The number of rotatable bonds is 20. The van der Waals surface area contributed by atoms with E-state index >= 15 is 0 Å². The van der Waals surface area contributed by atoms with Crippen molar-refractivity contribution in [1.29, 1.82) is 0 Å². The van der Waals surface area contributed by atoms with Crippen molar-refractivity contribution in [3.63, 3.8) is 0 Å². The summed E-state index contributed by atoms with van der Waals surface area (Å²) in [5.41, 5.74) is 0. The SMILES string of the molecule is CCCCCCCCC(CCCCCCCCC(=O)OCCCBr)n1ccnc1. The lowest BCUT2D eigenvalue weighted by atomic mass is 10.00. The van der Waals surface area contributed by atoms with Crippen molar-refractivity contribution in [2.75, 3.05) is 11.9 Å². The Hall–Kier alpha value is -0.840. The molecule has 1 aromatic heterocycles. The van der Waals surface area contributed by atoms with Crippen LogP contribution in [0.15, 0.2) is 18.7 Å². The number of unbranched alkanes of at least 4 members (excludes halogenated alkanes) is 10. The van der Waals surface area contributed by atoms with Gasteiger partial charge >= 0.3 is 5.97 Å². The second-order valence-electron chi connectivity index (χ2n) is 8.14. The number of esters is 1. The van der Waals surface area contributed by atoms with Crippen LogP contribution in [0.4, 0.5) is 0 Å². The number of ether oxygens (including phenoxy) is 1. The molecule has 0 N–H and O–H groups in total. The second-order valence-corrected chi connectivity index (χ2v) is 8.94. The first-order valence-electron chi connectivity index (χ1n) is 12.0. The number of aromatic nitrogens is 2. The summed E-state index contributed by atoms with van der Waals surface area (Å²) in [7, 11) is 0. The van der Waals surface area contributed by atoms with E-state index < -0.39 is 0 Å². The highest BCUT2D eigenvalue weighted by atomic mass is 79.9. The van der Waals surface area contributed by atoms with Gasteiger partial charge in [0, 0.05) is 30.2 Å². The number of carbonyl (C=O) groups is 1. The highest BCUT2D eigenvalue weighted by Gasteiger charge is 2.10.